The number of methoxy groups -OCH3 is 1. The molecule has 1 fully saturated rings. The lowest BCUT2D eigenvalue weighted by molar-refractivity contribution is -0.124. The molecule has 1 aliphatic heterocycles. The third-order valence-corrected chi connectivity index (χ3v) is 3.97. The zero-order chi connectivity index (χ0) is 18.2. The molecule has 9 heteroatoms. The van der Waals surface area contributed by atoms with Crippen molar-refractivity contribution in [1.82, 2.24) is 20.9 Å². The van der Waals surface area contributed by atoms with E-state index in [2.05, 4.69) is 27.0 Å². The minimum absolute atomic E-state index is 0. The Morgan fingerprint density at radius 2 is 2.04 bits per heavy atom. The second-order valence-corrected chi connectivity index (χ2v) is 5.68. The Bertz CT molecular complexity index is 650. The maximum Gasteiger partial charge on any atom is 0.324 e. The van der Waals surface area contributed by atoms with Crippen molar-refractivity contribution in [3.63, 3.8) is 0 Å². The standard InChI is InChI=1S/C17H25N5O3.HI/c1-12-4-5-13(10-14(12)25-3)6-7-19-16(18-2)20-8-9-22-15(23)11-21-17(22)24;/h4-5,10H,6-9,11H2,1-3H3,(H,21,24)(H2,18,19,20);1H. The second-order valence-electron chi connectivity index (χ2n) is 5.68. The number of carbonyl (C=O) groups is 2. The van der Waals surface area contributed by atoms with E-state index in [4.69, 9.17) is 4.74 Å². The molecule has 2 rings (SSSR count). The molecule has 8 nitrogen and oxygen atoms in total. The quantitative estimate of drug-likeness (QED) is 0.236. The second kappa shape index (κ2) is 10.8. The van der Waals surface area contributed by atoms with Crippen molar-refractivity contribution >= 4 is 41.9 Å². The van der Waals surface area contributed by atoms with E-state index in [9.17, 15) is 9.59 Å². The largest absolute Gasteiger partial charge is 0.496 e. The van der Waals surface area contributed by atoms with Gasteiger partial charge in [0.05, 0.1) is 13.7 Å². The maximum atomic E-state index is 11.5. The van der Waals surface area contributed by atoms with Crippen molar-refractivity contribution < 1.29 is 14.3 Å². The smallest absolute Gasteiger partial charge is 0.324 e. The Morgan fingerprint density at radius 3 is 2.65 bits per heavy atom. The number of urea groups is 1. The molecule has 0 aromatic heterocycles. The molecule has 0 radical (unpaired) electrons. The first-order valence-corrected chi connectivity index (χ1v) is 8.21. The number of amides is 3. The number of aryl methyl sites for hydroxylation is 1. The van der Waals surface area contributed by atoms with Crippen LogP contribution < -0.4 is 20.7 Å². The highest BCUT2D eigenvalue weighted by Gasteiger charge is 2.27. The molecule has 0 spiro atoms. The molecule has 1 saturated heterocycles. The minimum Gasteiger partial charge on any atom is -0.496 e. The van der Waals surface area contributed by atoms with Crippen LogP contribution in [0.25, 0.3) is 0 Å². The van der Waals surface area contributed by atoms with Gasteiger partial charge >= 0.3 is 6.03 Å². The van der Waals surface area contributed by atoms with Crippen LogP contribution in [0.1, 0.15) is 11.1 Å². The predicted molar refractivity (Wildman–Crippen MR) is 111 cm³/mol. The number of benzene rings is 1. The van der Waals surface area contributed by atoms with Gasteiger partial charge in [-0.1, -0.05) is 12.1 Å². The highest BCUT2D eigenvalue weighted by atomic mass is 127. The van der Waals surface area contributed by atoms with Gasteiger partial charge in [-0.05, 0) is 30.5 Å². The molecule has 1 aromatic rings. The van der Waals surface area contributed by atoms with Crippen molar-refractivity contribution in [3.8, 4) is 5.75 Å². The van der Waals surface area contributed by atoms with Gasteiger partial charge in [0.25, 0.3) is 0 Å². The predicted octanol–water partition coefficient (Wildman–Crippen LogP) is 0.881. The van der Waals surface area contributed by atoms with Crippen molar-refractivity contribution in [1.29, 1.82) is 0 Å². The summed E-state index contributed by atoms with van der Waals surface area (Å²) in [5, 5.41) is 8.80. The Kier molecular flexibility index (Phi) is 9.17. The van der Waals surface area contributed by atoms with Gasteiger partial charge < -0.3 is 20.7 Å². The molecule has 1 aromatic carbocycles. The minimum atomic E-state index is -0.344. The highest BCUT2D eigenvalue weighted by Crippen LogP contribution is 2.18. The molecule has 26 heavy (non-hydrogen) atoms. The number of ether oxygens (including phenoxy) is 1. The first kappa shape index (κ1) is 22.0. The van der Waals surface area contributed by atoms with E-state index >= 15 is 0 Å². The Morgan fingerprint density at radius 1 is 1.31 bits per heavy atom. The third-order valence-electron chi connectivity index (χ3n) is 3.97. The summed E-state index contributed by atoms with van der Waals surface area (Å²) in [6.07, 6.45) is 0.824. The maximum absolute atomic E-state index is 11.5. The number of nitrogens with one attached hydrogen (secondary N) is 3. The lowest BCUT2D eigenvalue weighted by atomic mass is 10.1. The number of aliphatic imine (C=N–C) groups is 1. The lowest BCUT2D eigenvalue weighted by Gasteiger charge is -2.15. The molecule has 3 N–H and O–H groups in total. The van der Waals surface area contributed by atoms with Crippen LogP contribution in [0, 0.1) is 6.92 Å². The first-order valence-electron chi connectivity index (χ1n) is 8.21. The number of halogens is 1. The Hall–Kier alpha value is -2.04. The molecule has 0 unspecified atom stereocenters. The van der Waals surface area contributed by atoms with Gasteiger partial charge in [-0.3, -0.25) is 14.7 Å². The Labute approximate surface area is 170 Å². The van der Waals surface area contributed by atoms with Crippen LogP contribution in [0.5, 0.6) is 5.75 Å². The third kappa shape index (κ3) is 6.04. The van der Waals surface area contributed by atoms with E-state index in [0.717, 1.165) is 17.7 Å². The highest BCUT2D eigenvalue weighted by molar-refractivity contribution is 14.0. The molecule has 1 aliphatic rings. The summed E-state index contributed by atoms with van der Waals surface area (Å²) < 4.78 is 5.33. The summed E-state index contributed by atoms with van der Waals surface area (Å²) >= 11 is 0. The van der Waals surface area contributed by atoms with E-state index in [1.54, 1.807) is 14.2 Å². The van der Waals surface area contributed by atoms with Gasteiger partial charge in [0, 0.05) is 26.7 Å². The van der Waals surface area contributed by atoms with Crippen molar-refractivity contribution in [3.05, 3.63) is 29.3 Å². The normalized spacial score (nSPS) is 14.0. The average molecular weight is 475 g/mol. The van der Waals surface area contributed by atoms with Gasteiger partial charge in [0.1, 0.15) is 5.75 Å². The summed E-state index contributed by atoms with van der Waals surface area (Å²) in [7, 11) is 3.35. The van der Waals surface area contributed by atoms with Crippen molar-refractivity contribution in [2.45, 2.75) is 13.3 Å². The van der Waals surface area contributed by atoms with E-state index in [1.807, 2.05) is 19.1 Å². The fraction of sp³-hybridized carbons (Fsp3) is 0.471. The molecular weight excluding hydrogens is 449 g/mol. The van der Waals surface area contributed by atoms with Crippen LogP contribution in [0.3, 0.4) is 0 Å². The van der Waals surface area contributed by atoms with Gasteiger partial charge in [0.2, 0.25) is 5.91 Å². The summed E-state index contributed by atoms with van der Waals surface area (Å²) in [5.41, 5.74) is 2.28. The number of nitrogens with zero attached hydrogens (tertiary/aromatic N) is 2. The zero-order valence-corrected chi connectivity index (χ0v) is 17.6. The van der Waals surface area contributed by atoms with Crippen molar-refractivity contribution in [2.24, 2.45) is 4.99 Å². The number of carbonyl (C=O) groups excluding carboxylic acids is 2. The van der Waals surface area contributed by atoms with Gasteiger partial charge in [-0.2, -0.15) is 0 Å². The van der Waals surface area contributed by atoms with Crippen molar-refractivity contribution in [2.75, 3.05) is 40.3 Å². The molecule has 0 saturated carbocycles. The summed E-state index contributed by atoms with van der Waals surface area (Å²) in [5.74, 6) is 1.31. The topological polar surface area (TPSA) is 95.1 Å². The van der Waals surface area contributed by atoms with Crippen LogP contribution in [-0.2, 0) is 11.2 Å². The van der Waals surface area contributed by atoms with Crippen LogP contribution in [0.2, 0.25) is 0 Å². The van der Waals surface area contributed by atoms with Crippen LogP contribution >= 0.6 is 24.0 Å². The fourth-order valence-corrected chi connectivity index (χ4v) is 2.53. The van der Waals surface area contributed by atoms with Gasteiger partial charge in [0.15, 0.2) is 5.96 Å². The van der Waals surface area contributed by atoms with Gasteiger partial charge in [-0.25, -0.2) is 4.79 Å². The molecule has 3 amide bonds. The zero-order valence-electron chi connectivity index (χ0n) is 15.3. The van der Waals surface area contributed by atoms with Crippen LogP contribution in [-0.4, -0.2) is 63.1 Å². The van der Waals surface area contributed by atoms with Crippen LogP contribution in [0.4, 0.5) is 4.79 Å². The number of guanidine groups is 1. The number of imide groups is 1. The first-order chi connectivity index (χ1) is 12.0. The summed E-state index contributed by atoms with van der Waals surface area (Å²) in [4.78, 5) is 28.3. The van der Waals surface area contributed by atoms with Crippen LogP contribution in [0.15, 0.2) is 23.2 Å². The average Bonchev–Trinajstić information content (AvgIpc) is 2.93. The Balaban J connectivity index is 0.00000338. The molecule has 144 valence electrons. The number of hydrogen-bond acceptors (Lipinski definition) is 4. The number of hydrogen-bond donors (Lipinski definition) is 3. The van der Waals surface area contributed by atoms with E-state index in [0.29, 0.717) is 25.6 Å². The SMILES string of the molecule is CN=C(NCCc1ccc(C)c(OC)c1)NCCN1C(=O)CNC1=O.I. The number of rotatable bonds is 7. The van der Waals surface area contributed by atoms with E-state index in [1.165, 1.54) is 10.5 Å². The molecule has 0 aliphatic carbocycles. The molecule has 1 heterocycles. The fourth-order valence-electron chi connectivity index (χ4n) is 2.53. The molecule has 0 atom stereocenters. The molecular formula is C17H26IN5O3. The lowest BCUT2D eigenvalue weighted by Crippen LogP contribution is -2.43. The van der Waals surface area contributed by atoms with E-state index in [-0.39, 0.29) is 42.5 Å². The monoisotopic (exact) mass is 475 g/mol. The summed E-state index contributed by atoms with van der Waals surface area (Å²) in [6.45, 7) is 3.54. The van der Waals surface area contributed by atoms with E-state index < -0.39 is 0 Å². The molecule has 0 bridgehead atoms. The van der Waals surface area contributed by atoms with Gasteiger partial charge in [-0.15, -0.1) is 24.0 Å². The summed E-state index contributed by atoms with van der Waals surface area (Å²) in [6, 6.07) is 5.81.